The molecule has 7 fully saturated rings. The monoisotopic (exact) mass is 947 g/mol. The standard InChI is InChI=1S/C48H82O18/c1-21(2)11-10-14-48(9,66-42-38(60)35(57)32(54)26(19-49)63-42)23-12-16-46(7)30(23)24(51)17-28-45(6)15-13-29(52)44(4,5)40(45)25(18-47(28,46)8)62-43-39(36(58)33(55)27(20-50)64-43)65-41-37(59)34(56)31(53)22(3)61-41/h11,22-43,49-60H,10,12-20H2,1-9H3/t22-,23-,24+,25-,26+,27+,28-,29-,30-,31-,32+,33+,34+,35-,36-,37+,38+,39+,40+,41-,42-,43+,45+,46+,47+,48-/m0/s1. The summed E-state index contributed by atoms with van der Waals surface area (Å²) >= 11 is 0. The van der Waals surface area contributed by atoms with Crippen LogP contribution >= 0.6 is 0 Å². The minimum absolute atomic E-state index is 0.0861. The van der Waals surface area contributed by atoms with Crippen molar-refractivity contribution in [3.63, 3.8) is 0 Å². The van der Waals surface area contributed by atoms with E-state index in [0.717, 1.165) is 5.57 Å². The van der Waals surface area contributed by atoms with Crippen molar-refractivity contribution < 1.29 is 89.7 Å². The van der Waals surface area contributed by atoms with Crippen molar-refractivity contribution in [3.8, 4) is 0 Å². The third kappa shape index (κ3) is 8.69. The van der Waals surface area contributed by atoms with Gasteiger partial charge in [-0.15, -0.1) is 0 Å². The highest BCUT2D eigenvalue weighted by molar-refractivity contribution is 5.22. The van der Waals surface area contributed by atoms with Crippen LogP contribution < -0.4 is 0 Å². The van der Waals surface area contributed by atoms with Gasteiger partial charge in [0.2, 0.25) is 0 Å². The van der Waals surface area contributed by atoms with Gasteiger partial charge in [0.05, 0.1) is 43.2 Å². The number of allylic oxidation sites excluding steroid dienone is 2. The Labute approximate surface area is 388 Å². The SMILES string of the molecule is CC(C)=CCC[C@](C)(O[C@@H]1O[C@H](CO)[C@@H](O)[C@H](O)[C@H]1O)[C@H]1CC[C@]2(C)[C@@H]1[C@H](O)C[C@H]1[C@@]3(C)CC[C@H](O)C(C)(C)[C@H]3[C@@H](O[C@@H]3O[C@H](CO)[C@@H](O)[C@H](O)[C@H]3O[C@@H]3O[C@@H](C)[C@H](O)[C@@H](O)[C@H]3O)C[C@]12C. The molecule has 0 aromatic carbocycles. The van der Waals surface area contributed by atoms with E-state index in [-0.39, 0.29) is 23.7 Å². The van der Waals surface area contributed by atoms with E-state index in [0.29, 0.717) is 51.4 Å². The quantitative estimate of drug-likeness (QED) is 0.0904. The van der Waals surface area contributed by atoms with E-state index in [2.05, 4.69) is 26.8 Å². The number of hydrogen-bond acceptors (Lipinski definition) is 18. The molecule has 0 amide bonds. The molecule has 3 saturated heterocycles. The summed E-state index contributed by atoms with van der Waals surface area (Å²) < 4.78 is 38.1. The molecule has 26 atom stereocenters. The van der Waals surface area contributed by atoms with Crippen LogP contribution in [0.15, 0.2) is 11.6 Å². The van der Waals surface area contributed by atoms with Crippen molar-refractivity contribution in [1.82, 2.24) is 0 Å². The molecule has 4 aliphatic carbocycles. The highest BCUT2D eigenvalue weighted by Crippen LogP contribution is 2.76. The fourth-order valence-electron chi connectivity index (χ4n) is 14.9. The minimum atomic E-state index is -1.75. The summed E-state index contributed by atoms with van der Waals surface area (Å²) in [7, 11) is 0. The van der Waals surface area contributed by atoms with Gasteiger partial charge in [-0.2, -0.15) is 0 Å². The first-order valence-electron chi connectivity index (χ1n) is 24.3. The molecule has 0 aromatic heterocycles. The van der Waals surface area contributed by atoms with E-state index >= 15 is 0 Å². The zero-order chi connectivity index (χ0) is 48.8. The second kappa shape index (κ2) is 19.2. The molecule has 4 saturated carbocycles. The fraction of sp³-hybridized carbons (Fsp3) is 0.958. The van der Waals surface area contributed by atoms with Gasteiger partial charge < -0.3 is 89.7 Å². The van der Waals surface area contributed by atoms with Gasteiger partial charge >= 0.3 is 0 Å². The van der Waals surface area contributed by atoms with Crippen LogP contribution in [0, 0.1) is 45.3 Å². The second-order valence-electron chi connectivity index (χ2n) is 23.0. The van der Waals surface area contributed by atoms with Crippen LogP contribution in [-0.2, 0) is 28.4 Å². The van der Waals surface area contributed by atoms with Crippen LogP contribution in [0.25, 0.3) is 0 Å². The lowest BCUT2D eigenvalue weighted by Crippen LogP contribution is -2.71. The van der Waals surface area contributed by atoms with Crippen LogP contribution in [-0.4, -0.2) is 191 Å². The zero-order valence-corrected chi connectivity index (χ0v) is 40.2. The van der Waals surface area contributed by atoms with Gasteiger partial charge in [-0.3, -0.25) is 0 Å². The molecular formula is C48H82O18. The summed E-state index contributed by atoms with van der Waals surface area (Å²) in [5, 5.41) is 132. The Balaban J connectivity index is 1.27. The minimum Gasteiger partial charge on any atom is -0.394 e. The second-order valence-corrected chi connectivity index (χ2v) is 23.0. The van der Waals surface area contributed by atoms with E-state index in [9.17, 15) is 61.3 Å². The van der Waals surface area contributed by atoms with Gasteiger partial charge in [0.15, 0.2) is 18.9 Å². The van der Waals surface area contributed by atoms with Crippen molar-refractivity contribution in [2.45, 2.75) is 230 Å². The van der Waals surface area contributed by atoms with Crippen molar-refractivity contribution in [3.05, 3.63) is 11.6 Å². The maximum atomic E-state index is 12.7. The van der Waals surface area contributed by atoms with Gasteiger partial charge in [-0.25, -0.2) is 0 Å². The summed E-state index contributed by atoms with van der Waals surface area (Å²) in [4.78, 5) is 0. The average molecular weight is 947 g/mol. The first-order valence-corrected chi connectivity index (χ1v) is 24.3. The highest BCUT2D eigenvalue weighted by atomic mass is 16.8. The van der Waals surface area contributed by atoms with Crippen molar-refractivity contribution in [1.29, 1.82) is 0 Å². The maximum Gasteiger partial charge on any atom is 0.187 e. The molecule has 18 heteroatoms. The van der Waals surface area contributed by atoms with Crippen LogP contribution in [0.2, 0.25) is 0 Å². The van der Waals surface area contributed by atoms with Crippen molar-refractivity contribution in [2.75, 3.05) is 13.2 Å². The Hall–Kier alpha value is -0.980. The molecular weight excluding hydrogens is 865 g/mol. The van der Waals surface area contributed by atoms with Gasteiger partial charge in [-0.05, 0) is 124 Å². The Morgan fingerprint density at radius 1 is 0.682 bits per heavy atom. The molecule has 7 rings (SSSR count). The van der Waals surface area contributed by atoms with Crippen LogP contribution in [0.4, 0.5) is 0 Å². The zero-order valence-electron chi connectivity index (χ0n) is 40.2. The number of aliphatic hydroxyl groups is 12. The number of hydrogen-bond donors (Lipinski definition) is 12. The molecule has 382 valence electrons. The Bertz CT molecular complexity index is 1700. The summed E-state index contributed by atoms with van der Waals surface area (Å²) in [5.41, 5.74) is -2.43. The lowest BCUT2D eigenvalue weighted by atomic mass is 9.34. The molecule has 0 bridgehead atoms. The Kier molecular flexibility index (Phi) is 15.4. The van der Waals surface area contributed by atoms with Gasteiger partial charge in [0.25, 0.3) is 0 Å². The lowest BCUT2D eigenvalue weighted by Gasteiger charge is -2.72. The number of ether oxygens (including phenoxy) is 6. The van der Waals surface area contributed by atoms with E-state index in [1.54, 1.807) is 0 Å². The summed E-state index contributed by atoms with van der Waals surface area (Å²) in [5.74, 6) is -1.12. The van der Waals surface area contributed by atoms with E-state index in [4.69, 9.17) is 28.4 Å². The van der Waals surface area contributed by atoms with Crippen molar-refractivity contribution in [2.24, 2.45) is 45.3 Å². The first kappa shape index (κ1) is 52.8. The molecule has 0 aromatic rings. The predicted octanol–water partition coefficient (Wildman–Crippen LogP) is -0.0284. The molecule has 0 radical (unpaired) electrons. The normalized spacial score (nSPS) is 53.5. The molecule has 12 N–H and O–H groups in total. The molecule has 7 aliphatic rings. The molecule has 18 nitrogen and oxygen atoms in total. The van der Waals surface area contributed by atoms with Gasteiger partial charge in [-0.1, -0.05) is 46.3 Å². The van der Waals surface area contributed by atoms with Crippen LogP contribution in [0.5, 0.6) is 0 Å². The van der Waals surface area contributed by atoms with Crippen molar-refractivity contribution >= 4 is 0 Å². The largest absolute Gasteiger partial charge is 0.394 e. The molecule has 3 heterocycles. The third-order valence-electron chi connectivity index (χ3n) is 18.7. The summed E-state index contributed by atoms with van der Waals surface area (Å²) in [6, 6.07) is 0. The average Bonchev–Trinajstić information content (AvgIpc) is 3.64. The topological polar surface area (TPSA) is 298 Å². The van der Waals surface area contributed by atoms with E-state index < -0.39 is 151 Å². The summed E-state index contributed by atoms with van der Waals surface area (Å²) in [6.07, 6.45) is -18.3. The number of fused-ring (bicyclic) bond motifs is 5. The smallest absolute Gasteiger partial charge is 0.187 e. The highest BCUT2D eigenvalue weighted by Gasteiger charge is 2.74. The molecule has 3 aliphatic heterocycles. The lowest BCUT2D eigenvalue weighted by molar-refractivity contribution is -0.382. The first-order chi connectivity index (χ1) is 30.7. The Morgan fingerprint density at radius 3 is 1.89 bits per heavy atom. The molecule has 0 spiro atoms. The maximum absolute atomic E-state index is 12.7. The Morgan fingerprint density at radius 2 is 1.27 bits per heavy atom. The number of rotatable bonds is 12. The third-order valence-corrected chi connectivity index (χ3v) is 18.7. The van der Waals surface area contributed by atoms with E-state index in [1.807, 2.05) is 34.6 Å². The van der Waals surface area contributed by atoms with E-state index in [1.165, 1.54) is 6.92 Å². The molecule has 0 unspecified atom stereocenters. The van der Waals surface area contributed by atoms with Gasteiger partial charge in [0.1, 0.15) is 67.1 Å². The number of aliphatic hydroxyl groups excluding tert-OH is 12. The summed E-state index contributed by atoms with van der Waals surface area (Å²) in [6.45, 7) is 16.8. The fourth-order valence-corrected chi connectivity index (χ4v) is 14.9. The van der Waals surface area contributed by atoms with Gasteiger partial charge in [0, 0.05) is 0 Å². The van der Waals surface area contributed by atoms with Crippen LogP contribution in [0.3, 0.4) is 0 Å². The predicted molar refractivity (Wildman–Crippen MR) is 234 cm³/mol. The molecule has 66 heavy (non-hydrogen) atoms. The van der Waals surface area contributed by atoms with Crippen LogP contribution in [0.1, 0.15) is 114 Å².